The fraction of sp³-hybridized carbons (Fsp3) is 0.792. The van der Waals surface area contributed by atoms with Gasteiger partial charge in [0, 0.05) is 31.4 Å². The van der Waals surface area contributed by atoms with Gasteiger partial charge in [0.1, 0.15) is 24.9 Å². The molecule has 1 saturated heterocycles. The number of ether oxygens (including phenoxy) is 4. The lowest BCUT2D eigenvalue weighted by atomic mass is 9.42. The molecular formula is C24H34O9. The summed E-state index contributed by atoms with van der Waals surface area (Å²) in [5, 5.41) is 22.5. The van der Waals surface area contributed by atoms with Crippen molar-refractivity contribution in [2.45, 2.75) is 77.3 Å². The molecular weight excluding hydrogens is 432 g/mol. The Morgan fingerprint density at radius 3 is 2.55 bits per heavy atom. The molecule has 0 aromatic heterocycles. The number of hydrogen-bond donors (Lipinski definition) is 2. The summed E-state index contributed by atoms with van der Waals surface area (Å²) in [6, 6.07) is 0. The van der Waals surface area contributed by atoms with Gasteiger partial charge in [-0.25, -0.2) is 4.79 Å². The predicted molar refractivity (Wildman–Crippen MR) is 114 cm³/mol. The maximum atomic E-state index is 12.1. The Bertz CT molecular complexity index is 862. The number of cyclic esters (lactones) is 1. The van der Waals surface area contributed by atoms with Crippen molar-refractivity contribution in [3.8, 4) is 0 Å². The lowest BCUT2D eigenvalue weighted by Gasteiger charge is -2.64. The molecule has 1 spiro atoms. The smallest absolute Gasteiger partial charge is 0.331 e. The molecule has 8 atom stereocenters. The summed E-state index contributed by atoms with van der Waals surface area (Å²) >= 11 is 0. The zero-order chi connectivity index (χ0) is 24.2. The second-order valence-electron chi connectivity index (χ2n) is 10.5. The summed E-state index contributed by atoms with van der Waals surface area (Å²) in [7, 11) is 0. The number of carbonyl (C=O) groups excluding carboxylic acids is 3. The van der Waals surface area contributed by atoms with Crippen LogP contribution in [0.2, 0.25) is 0 Å². The van der Waals surface area contributed by atoms with Gasteiger partial charge in [-0.1, -0.05) is 13.8 Å². The largest absolute Gasteiger partial charge is 0.465 e. The number of epoxide rings is 1. The van der Waals surface area contributed by atoms with Crippen LogP contribution in [0.4, 0.5) is 0 Å². The molecule has 0 radical (unpaired) electrons. The first-order valence-electron chi connectivity index (χ1n) is 11.6. The van der Waals surface area contributed by atoms with E-state index in [1.807, 2.05) is 13.8 Å². The fourth-order valence-electron chi connectivity index (χ4n) is 6.88. The Labute approximate surface area is 193 Å². The van der Waals surface area contributed by atoms with E-state index in [4.69, 9.17) is 18.9 Å². The summed E-state index contributed by atoms with van der Waals surface area (Å²) < 4.78 is 22.4. The molecule has 2 heterocycles. The molecule has 2 aliphatic heterocycles. The van der Waals surface area contributed by atoms with Crippen molar-refractivity contribution in [2.24, 2.45) is 22.7 Å². The van der Waals surface area contributed by atoms with E-state index in [0.29, 0.717) is 31.4 Å². The summed E-state index contributed by atoms with van der Waals surface area (Å²) in [4.78, 5) is 35.5. The number of hydrogen-bond acceptors (Lipinski definition) is 9. The zero-order valence-electron chi connectivity index (χ0n) is 19.7. The van der Waals surface area contributed by atoms with E-state index in [2.05, 4.69) is 0 Å². The first-order chi connectivity index (χ1) is 15.4. The van der Waals surface area contributed by atoms with Gasteiger partial charge in [-0.05, 0) is 37.0 Å². The maximum absolute atomic E-state index is 12.1. The van der Waals surface area contributed by atoms with Crippen LogP contribution in [-0.2, 0) is 33.3 Å². The van der Waals surface area contributed by atoms with Crippen molar-refractivity contribution in [3.63, 3.8) is 0 Å². The van der Waals surface area contributed by atoms with Gasteiger partial charge < -0.3 is 29.2 Å². The Hall–Kier alpha value is -1.97. The van der Waals surface area contributed by atoms with Crippen molar-refractivity contribution in [2.75, 3.05) is 19.8 Å². The van der Waals surface area contributed by atoms with Gasteiger partial charge >= 0.3 is 17.9 Å². The maximum Gasteiger partial charge on any atom is 0.331 e. The number of esters is 3. The first kappa shape index (κ1) is 24.2. The van der Waals surface area contributed by atoms with E-state index in [9.17, 15) is 24.6 Å². The minimum absolute atomic E-state index is 0.0411. The van der Waals surface area contributed by atoms with Crippen LogP contribution in [0.3, 0.4) is 0 Å². The molecule has 0 amide bonds. The van der Waals surface area contributed by atoms with Crippen LogP contribution in [-0.4, -0.2) is 71.9 Å². The third-order valence-corrected chi connectivity index (χ3v) is 8.67. The Kier molecular flexibility index (Phi) is 6.12. The van der Waals surface area contributed by atoms with Gasteiger partial charge in [0.2, 0.25) is 0 Å². The monoisotopic (exact) mass is 466 g/mol. The molecule has 4 aliphatic rings. The molecule has 0 unspecified atom stereocenters. The summed E-state index contributed by atoms with van der Waals surface area (Å²) in [6.45, 7) is 7.12. The van der Waals surface area contributed by atoms with Gasteiger partial charge in [-0.2, -0.15) is 0 Å². The molecule has 0 aromatic carbocycles. The molecule has 2 aliphatic carbocycles. The molecule has 9 heteroatoms. The summed E-state index contributed by atoms with van der Waals surface area (Å²) in [6.07, 6.45) is 0.766. The minimum Gasteiger partial charge on any atom is -0.465 e. The zero-order valence-corrected chi connectivity index (χ0v) is 19.7. The van der Waals surface area contributed by atoms with E-state index in [-0.39, 0.29) is 25.6 Å². The molecule has 2 N–H and O–H groups in total. The van der Waals surface area contributed by atoms with E-state index in [0.717, 1.165) is 0 Å². The average Bonchev–Trinajstić information content (AvgIpc) is 3.38. The van der Waals surface area contributed by atoms with Gasteiger partial charge in [0.15, 0.2) is 0 Å². The molecule has 0 aromatic rings. The van der Waals surface area contributed by atoms with Crippen LogP contribution in [0.5, 0.6) is 0 Å². The van der Waals surface area contributed by atoms with Gasteiger partial charge in [0.25, 0.3) is 0 Å². The van der Waals surface area contributed by atoms with Crippen LogP contribution in [0, 0.1) is 22.7 Å². The number of rotatable bonds is 6. The van der Waals surface area contributed by atoms with E-state index < -0.39 is 58.6 Å². The fourth-order valence-corrected chi connectivity index (χ4v) is 6.88. The third-order valence-electron chi connectivity index (χ3n) is 8.67. The lowest BCUT2D eigenvalue weighted by molar-refractivity contribution is -0.254. The molecule has 9 nitrogen and oxygen atoms in total. The number of aliphatic hydroxyl groups excluding tert-OH is 2. The third kappa shape index (κ3) is 3.88. The highest BCUT2D eigenvalue weighted by Gasteiger charge is 2.77. The summed E-state index contributed by atoms with van der Waals surface area (Å²) in [5.41, 5.74) is -1.77. The van der Waals surface area contributed by atoms with Crippen molar-refractivity contribution in [1.82, 2.24) is 0 Å². The topological polar surface area (TPSA) is 132 Å². The Morgan fingerprint density at radius 1 is 1.30 bits per heavy atom. The molecule has 184 valence electrons. The number of fused-ring (bicyclic) bond motifs is 2. The highest BCUT2D eigenvalue weighted by atomic mass is 16.6. The van der Waals surface area contributed by atoms with Gasteiger partial charge in [0.05, 0.1) is 24.2 Å². The molecule has 2 saturated carbocycles. The lowest BCUT2D eigenvalue weighted by Crippen LogP contribution is -2.70. The highest BCUT2D eigenvalue weighted by Crippen LogP contribution is 2.69. The highest BCUT2D eigenvalue weighted by molar-refractivity contribution is 5.85. The minimum atomic E-state index is -0.959. The van der Waals surface area contributed by atoms with Crippen LogP contribution in [0.25, 0.3) is 0 Å². The van der Waals surface area contributed by atoms with Gasteiger partial charge in [-0.15, -0.1) is 0 Å². The van der Waals surface area contributed by atoms with E-state index in [1.54, 1.807) is 0 Å². The van der Waals surface area contributed by atoms with Crippen LogP contribution < -0.4 is 0 Å². The Balaban J connectivity index is 1.79. The Morgan fingerprint density at radius 2 is 2.00 bits per heavy atom. The van der Waals surface area contributed by atoms with E-state index >= 15 is 0 Å². The number of carbonyl (C=O) groups is 3. The van der Waals surface area contributed by atoms with Crippen LogP contribution >= 0.6 is 0 Å². The quantitative estimate of drug-likeness (QED) is 0.338. The predicted octanol–water partition coefficient (Wildman–Crippen LogP) is 1.29. The van der Waals surface area contributed by atoms with Gasteiger partial charge in [-0.3, -0.25) is 9.59 Å². The van der Waals surface area contributed by atoms with Crippen molar-refractivity contribution in [1.29, 1.82) is 0 Å². The normalized spacial score (nSPS) is 42.7. The molecule has 33 heavy (non-hydrogen) atoms. The molecule has 0 bridgehead atoms. The van der Waals surface area contributed by atoms with E-state index in [1.165, 1.54) is 19.9 Å². The standard InChI is InChI=1S/C24H34O9/c1-13-7-19(33-15(3)26)24(12-31-14(2)25)21(17(27)5-6-23(24)11-32-23)22(13,4)9-18(28)16-8-20(29)30-10-16/h8,13,17-19,21,27-28H,5-7,9-12H2,1-4H3/t13-,17-,18+,19+,21-,22+,23+,24-/m1/s1. The second-order valence-corrected chi connectivity index (χ2v) is 10.5. The van der Waals surface area contributed by atoms with Crippen LogP contribution in [0.15, 0.2) is 11.6 Å². The molecule has 3 fully saturated rings. The SMILES string of the molecule is CC(=O)OC[C@@]12[C@@H](OC(C)=O)C[C@@H](C)[C@](C)(C[C@H](O)C3=CC(=O)OC3)[C@H]1[C@H](O)CC[C@]21CO1. The average molecular weight is 467 g/mol. The van der Waals surface area contributed by atoms with Crippen LogP contribution in [0.1, 0.15) is 53.4 Å². The van der Waals surface area contributed by atoms with Crippen molar-refractivity contribution < 1.29 is 43.5 Å². The number of aliphatic hydroxyl groups is 2. The van der Waals surface area contributed by atoms with Crippen molar-refractivity contribution >= 4 is 17.9 Å². The second kappa shape index (κ2) is 8.36. The molecule has 4 rings (SSSR count). The first-order valence-corrected chi connectivity index (χ1v) is 11.6. The van der Waals surface area contributed by atoms with Crippen molar-refractivity contribution in [3.05, 3.63) is 11.6 Å². The summed E-state index contributed by atoms with van der Waals surface area (Å²) in [5.74, 6) is -1.93.